The van der Waals surface area contributed by atoms with Crippen LogP contribution in [0.3, 0.4) is 0 Å². The van der Waals surface area contributed by atoms with Gasteiger partial charge in [0.2, 0.25) is 0 Å². The van der Waals surface area contributed by atoms with Crippen LogP contribution in [0, 0.1) is 11.8 Å². The van der Waals surface area contributed by atoms with Crippen LogP contribution in [-0.4, -0.2) is 66.1 Å². The lowest BCUT2D eigenvalue weighted by Crippen LogP contribution is -2.41. The van der Waals surface area contributed by atoms with E-state index in [1.54, 1.807) is 6.92 Å². The Bertz CT molecular complexity index is 689. The highest BCUT2D eigenvalue weighted by Crippen LogP contribution is 2.43. The van der Waals surface area contributed by atoms with Crippen molar-refractivity contribution in [2.24, 2.45) is 11.8 Å². The van der Waals surface area contributed by atoms with Crippen molar-refractivity contribution in [2.75, 3.05) is 39.3 Å². The van der Waals surface area contributed by atoms with E-state index in [0.29, 0.717) is 24.7 Å². The molecular weight excluding hydrogens is 336 g/mol. The van der Waals surface area contributed by atoms with Gasteiger partial charge in [0, 0.05) is 32.1 Å². The van der Waals surface area contributed by atoms with Crippen molar-refractivity contribution in [1.29, 1.82) is 0 Å². The minimum Gasteiger partial charge on any atom is -0.381 e. The number of likely N-dealkylation sites (tertiary alicyclic amines) is 2. The fourth-order valence-electron chi connectivity index (χ4n) is 5.09. The van der Waals surface area contributed by atoms with Gasteiger partial charge in [-0.15, -0.1) is 0 Å². The molecule has 2 fully saturated rings. The van der Waals surface area contributed by atoms with E-state index in [1.165, 1.54) is 49.2 Å². The molecule has 1 aromatic rings. The molecule has 2 saturated heterocycles. The van der Waals surface area contributed by atoms with E-state index in [2.05, 4.69) is 40.1 Å². The maximum Gasteiger partial charge on any atom is 0.152 e. The summed E-state index contributed by atoms with van der Waals surface area (Å²) in [5.74, 6) is 1.15. The minimum absolute atomic E-state index is 0.437. The van der Waals surface area contributed by atoms with Crippen LogP contribution < -0.4 is 0 Å². The van der Waals surface area contributed by atoms with Gasteiger partial charge in [0.1, 0.15) is 5.60 Å². The van der Waals surface area contributed by atoms with Crippen LogP contribution in [0.1, 0.15) is 37.3 Å². The number of hydrogen-bond donors (Lipinski definition) is 1. The highest BCUT2D eigenvalue weighted by atomic mass is 16.3. The monoisotopic (exact) mass is 368 g/mol. The zero-order valence-electron chi connectivity index (χ0n) is 16.4. The van der Waals surface area contributed by atoms with Gasteiger partial charge in [-0.1, -0.05) is 30.3 Å². The van der Waals surface area contributed by atoms with Gasteiger partial charge in [-0.25, -0.2) is 0 Å². The van der Waals surface area contributed by atoms with Crippen LogP contribution in [0.15, 0.2) is 30.3 Å². The van der Waals surface area contributed by atoms with E-state index in [-0.39, 0.29) is 0 Å². The van der Waals surface area contributed by atoms with Crippen LogP contribution in [0.2, 0.25) is 0 Å². The van der Waals surface area contributed by atoms with Crippen LogP contribution >= 0.6 is 0 Å². The molecule has 4 nitrogen and oxygen atoms in total. The molecule has 1 aromatic carbocycles. The molecule has 2 heterocycles. The van der Waals surface area contributed by atoms with Gasteiger partial charge >= 0.3 is 0 Å². The SMILES string of the molecule is CC(O)(C=O)CN1CC2CC=C(c3ccc(CCN4CCCC4)cc3)C2C1. The van der Waals surface area contributed by atoms with Crippen molar-refractivity contribution >= 4 is 11.9 Å². The summed E-state index contributed by atoms with van der Waals surface area (Å²) in [6, 6.07) is 9.17. The molecule has 27 heavy (non-hydrogen) atoms. The largest absolute Gasteiger partial charge is 0.381 e. The van der Waals surface area contributed by atoms with E-state index < -0.39 is 5.60 Å². The van der Waals surface area contributed by atoms with Gasteiger partial charge in [0.05, 0.1) is 0 Å². The van der Waals surface area contributed by atoms with E-state index >= 15 is 0 Å². The first kappa shape index (κ1) is 18.9. The van der Waals surface area contributed by atoms with Gasteiger partial charge in [0.15, 0.2) is 6.29 Å². The molecule has 3 unspecified atom stereocenters. The van der Waals surface area contributed by atoms with Crippen molar-refractivity contribution in [1.82, 2.24) is 9.80 Å². The van der Waals surface area contributed by atoms with E-state index in [4.69, 9.17) is 0 Å². The number of carbonyl (C=O) groups is 1. The molecule has 0 radical (unpaired) electrons. The number of benzene rings is 1. The lowest BCUT2D eigenvalue weighted by Gasteiger charge is -2.24. The van der Waals surface area contributed by atoms with Crippen LogP contribution in [0.4, 0.5) is 0 Å². The number of hydrogen-bond acceptors (Lipinski definition) is 4. The minimum atomic E-state index is -1.24. The van der Waals surface area contributed by atoms with Crippen LogP contribution in [0.5, 0.6) is 0 Å². The summed E-state index contributed by atoms with van der Waals surface area (Å²) < 4.78 is 0. The van der Waals surface area contributed by atoms with Gasteiger partial charge < -0.3 is 14.8 Å². The summed E-state index contributed by atoms with van der Waals surface area (Å²) in [5.41, 5.74) is 2.99. The average molecular weight is 369 g/mol. The first-order chi connectivity index (χ1) is 13.0. The van der Waals surface area contributed by atoms with Crippen molar-refractivity contribution in [3.05, 3.63) is 41.5 Å². The summed E-state index contributed by atoms with van der Waals surface area (Å²) in [6.45, 7) is 7.67. The number of aldehydes is 1. The van der Waals surface area contributed by atoms with Crippen molar-refractivity contribution in [3.63, 3.8) is 0 Å². The molecule has 4 rings (SSSR count). The van der Waals surface area contributed by atoms with E-state index in [1.807, 2.05) is 0 Å². The molecule has 0 aromatic heterocycles. The zero-order valence-corrected chi connectivity index (χ0v) is 16.4. The first-order valence-electron chi connectivity index (χ1n) is 10.5. The fraction of sp³-hybridized carbons (Fsp3) is 0.609. The summed E-state index contributed by atoms with van der Waals surface area (Å²) in [4.78, 5) is 15.8. The molecule has 146 valence electrons. The summed E-state index contributed by atoms with van der Waals surface area (Å²) in [7, 11) is 0. The van der Waals surface area contributed by atoms with Crippen LogP contribution in [0.25, 0.3) is 5.57 Å². The Morgan fingerprint density at radius 1 is 1.15 bits per heavy atom. The van der Waals surface area contributed by atoms with Gasteiger partial charge in [-0.05, 0) is 68.3 Å². The predicted octanol–water partition coefficient (Wildman–Crippen LogP) is 2.61. The lowest BCUT2D eigenvalue weighted by atomic mass is 9.90. The normalized spacial score (nSPS) is 28.1. The second kappa shape index (κ2) is 7.86. The molecule has 0 amide bonds. The van der Waals surface area contributed by atoms with Gasteiger partial charge in [-0.2, -0.15) is 0 Å². The highest BCUT2D eigenvalue weighted by molar-refractivity contribution is 5.70. The third-order valence-electron chi connectivity index (χ3n) is 6.56. The predicted molar refractivity (Wildman–Crippen MR) is 109 cm³/mol. The number of rotatable bonds is 7. The fourth-order valence-corrected chi connectivity index (χ4v) is 5.09. The molecule has 0 spiro atoms. The third-order valence-corrected chi connectivity index (χ3v) is 6.56. The maximum absolute atomic E-state index is 11.0. The van der Waals surface area contributed by atoms with E-state index in [0.717, 1.165) is 25.9 Å². The lowest BCUT2D eigenvalue weighted by molar-refractivity contribution is -0.124. The van der Waals surface area contributed by atoms with Crippen LogP contribution in [-0.2, 0) is 11.2 Å². The molecule has 0 saturated carbocycles. The standard InChI is InChI=1S/C23H32N2O2/c1-23(27,17-26)16-25-14-20-8-9-21(22(20)15-25)19-6-4-18(5-7-19)10-13-24-11-2-3-12-24/h4-7,9,17,20,22,27H,2-3,8,10-16H2,1H3. The number of aliphatic hydroxyl groups is 1. The Balaban J connectivity index is 1.35. The molecule has 0 bridgehead atoms. The Hall–Kier alpha value is -1.49. The summed E-state index contributed by atoms with van der Waals surface area (Å²) in [5, 5.41) is 10.1. The Morgan fingerprint density at radius 2 is 1.89 bits per heavy atom. The molecule has 1 N–H and O–H groups in total. The number of fused-ring (bicyclic) bond motifs is 1. The quantitative estimate of drug-likeness (QED) is 0.752. The molecule has 3 atom stereocenters. The van der Waals surface area contributed by atoms with Gasteiger partial charge in [-0.3, -0.25) is 4.90 Å². The second-order valence-corrected chi connectivity index (χ2v) is 8.93. The molecule has 1 aliphatic carbocycles. The molecule has 4 heteroatoms. The van der Waals surface area contributed by atoms with E-state index in [9.17, 15) is 9.90 Å². The maximum atomic E-state index is 11.0. The Labute approximate surface area is 162 Å². The Morgan fingerprint density at radius 3 is 2.59 bits per heavy atom. The van der Waals surface area contributed by atoms with Crippen molar-refractivity contribution in [2.45, 2.75) is 38.2 Å². The van der Waals surface area contributed by atoms with Crippen molar-refractivity contribution in [3.8, 4) is 0 Å². The molecular formula is C23H32N2O2. The average Bonchev–Trinajstić information content (AvgIpc) is 3.37. The number of allylic oxidation sites excluding steroid dienone is 1. The topological polar surface area (TPSA) is 43.8 Å². The number of nitrogens with zero attached hydrogens (tertiary/aromatic N) is 2. The summed E-state index contributed by atoms with van der Waals surface area (Å²) >= 11 is 0. The molecule has 2 aliphatic heterocycles. The Kier molecular flexibility index (Phi) is 5.49. The highest BCUT2D eigenvalue weighted by Gasteiger charge is 2.40. The molecule has 3 aliphatic rings. The number of carbonyl (C=O) groups excluding carboxylic acids is 1. The first-order valence-corrected chi connectivity index (χ1v) is 10.5. The van der Waals surface area contributed by atoms with Crippen molar-refractivity contribution < 1.29 is 9.90 Å². The summed E-state index contributed by atoms with van der Waals surface area (Å²) in [6.07, 6.45) is 8.03. The zero-order chi connectivity index (χ0) is 18.9. The number of β-amino-alcohol motifs (C(OH)–C–C–N with tert-alkyl or cyclic N) is 1. The third kappa shape index (κ3) is 4.34. The smallest absolute Gasteiger partial charge is 0.152 e. The van der Waals surface area contributed by atoms with Gasteiger partial charge in [0.25, 0.3) is 0 Å². The second-order valence-electron chi connectivity index (χ2n) is 8.93.